The highest BCUT2D eigenvalue weighted by molar-refractivity contribution is 6.18. The van der Waals surface area contributed by atoms with Gasteiger partial charge in [0.15, 0.2) is 11.6 Å². The molecule has 31 heavy (non-hydrogen) atoms. The molecule has 0 bridgehead atoms. The predicted molar refractivity (Wildman–Crippen MR) is 113 cm³/mol. The van der Waals surface area contributed by atoms with Crippen LogP contribution < -0.4 is 0 Å². The Labute approximate surface area is 178 Å². The Balaban J connectivity index is 1.84. The maximum atomic E-state index is 13.7. The Morgan fingerprint density at radius 1 is 1.13 bits per heavy atom. The first-order chi connectivity index (χ1) is 14.8. The summed E-state index contributed by atoms with van der Waals surface area (Å²) in [6, 6.07) is 10.7. The molecule has 2 aromatic carbocycles. The van der Waals surface area contributed by atoms with Crippen LogP contribution in [0.1, 0.15) is 48.3 Å². The van der Waals surface area contributed by atoms with E-state index in [1.54, 1.807) is 13.8 Å². The predicted octanol–water partition coefficient (Wildman–Crippen LogP) is 5.00. The minimum absolute atomic E-state index is 0.00524. The summed E-state index contributed by atoms with van der Waals surface area (Å²) < 4.78 is 32.5. The molecule has 0 radical (unpaired) electrons. The molecule has 2 heterocycles. The standard InChI is InChI=1S/C24H22F2N2O3/c1-13(2)31-24(30)17-12-28(23(29)15-8-9-18(25)19(26)10-15)11-14(3)21-16-6-4-5-7-20(16)27-22(17)21/h4-10,12-14,27H,11H2,1-3H3. The highest BCUT2D eigenvalue weighted by Gasteiger charge is 2.31. The van der Waals surface area contributed by atoms with Crippen molar-refractivity contribution in [1.82, 2.24) is 9.88 Å². The first-order valence-electron chi connectivity index (χ1n) is 10.1. The molecule has 5 nitrogen and oxygen atoms in total. The Hall–Kier alpha value is -3.48. The summed E-state index contributed by atoms with van der Waals surface area (Å²) in [5, 5.41) is 0.954. The maximum absolute atomic E-state index is 13.7. The first-order valence-corrected chi connectivity index (χ1v) is 10.1. The fourth-order valence-electron chi connectivity index (χ4n) is 3.92. The summed E-state index contributed by atoms with van der Waals surface area (Å²) in [6.45, 7) is 5.70. The van der Waals surface area contributed by atoms with Gasteiger partial charge in [0.2, 0.25) is 0 Å². The molecule has 0 saturated heterocycles. The van der Waals surface area contributed by atoms with Crippen molar-refractivity contribution < 1.29 is 23.1 Å². The van der Waals surface area contributed by atoms with Gasteiger partial charge in [-0.2, -0.15) is 0 Å². The minimum Gasteiger partial charge on any atom is -0.459 e. The van der Waals surface area contributed by atoms with Crippen LogP contribution in [0.15, 0.2) is 48.7 Å². The molecule has 1 amide bonds. The molecule has 1 atom stereocenters. The van der Waals surface area contributed by atoms with Gasteiger partial charge in [0, 0.05) is 35.1 Å². The lowest BCUT2D eigenvalue weighted by atomic mass is 9.96. The number of esters is 1. The Bertz CT molecular complexity index is 1210. The highest BCUT2D eigenvalue weighted by atomic mass is 19.2. The van der Waals surface area contributed by atoms with Gasteiger partial charge in [0.1, 0.15) is 0 Å². The molecular weight excluding hydrogens is 402 g/mol. The van der Waals surface area contributed by atoms with Crippen molar-refractivity contribution in [2.45, 2.75) is 32.8 Å². The van der Waals surface area contributed by atoms with Gasteiger partial charge in [-0.15, -0.1) is 0 Å². The largest absolute Gasteiger partial charge is 0.459 e. The quantitative estimate of drug-likeness (QED) is 0.602. The number of carbonyl (C=O) groups is 2. The van der Waals surface area contributed by atoms with E-state index in [9.17, 15) is 18.4 Å². The van der Waals surface area contributed by atoms with Crippen LogP contribution >= 0.6 is 0 Å². The third kappa shape index (κ3) is 3.83. The van der Waals surface area contributed by atoms with Crippen LogP contribution in [0, 0.1) is 11.6 Å². The van der Waals surface area contributed by atoms with E-state index >= 15 is 0 Å². The summed E-state index contributed by atoms with van der Waals surface area (Å²) in [5.41, 5.74) is 2.58. The van der Waals surface area contributed by atoms with E-state index in [4.69, 9.17) is 4.74 Å². The number of nitrogens with one attached hydrogen (secondary N) is 1. The zero-order chi connectivity index (χ0) is 22.3. The zero-order valence-electron chi connectivity index (χ0n) is 17.4. The molecule has 4 rings (SSSR count). The van der Waals surface area contributed by atoms with Gasteiger partial charge >= 0.3 is 5.97 Å². The average molecular weight is 424 g/mol. The summed E-state index contributed by atoms with van der Waals surface area (Å²) in [5.74, 6) is -3.37. The van der Waals surface area contributed by atoms with E-state index < -0.39 is 23.5 Å². The van der Waals surface area contributed by atoms with E-state index in [-0.39, 0.29) is 29.7 Å². The fraction of sp³-hybridized carbons (Fsp3) is 0.250. The van der Waals surface area contributed by atoms with Crippen LogP contribution in [0.25, 0.3) is 16.5 Å². The molecule has 3 aromatic rings. The molecule has 1 unspecified atom stereocenters. The van der Waals surface area contributed by atoms with Gasteiger partial charge in [-0.1, -0.05) is 25.1 Å². The lowest BCUT2D eigenvalue weighted by Gasteiger charge is -2.21. The van der Waals surface area contributed by atoms with Crippen molar-refractivity contribution in [2.75, 3.05) is 6.54 Å². The number of aromatic nitrogens is 1. The van der Waals surface area contributed by atoms with Crippen LogP contribution in [0.4, 0.5) is 8.78 Å². The van der Waals surface area contributed by atoms with Crippen LogP contribution in [0.5, 0.6) is 0 Å². The van der Waals surface area contributed by atoms with Crippen LogP contribution in [0.3, 0.4) is 0 Å². The van der Waals surface area contributed by atoms with Gasteiger partial charge < -0.3 is 14.6 Å². The molecule has 7 heteroatoms. The van der Waals surface area contributed by atoms with E-state index in [1.165, 1.54) is 17.2 Å². The van der Waals surface area contributed by atoms with Crippen molar-refractivity contribution in [3.8, 4) is 0 Å². The maximum Gasteiger partial charge on any atom is 0.342 e. The summed E-state index contributed by atoms with van der Waals surface area (Å²) in [6.07, 6.45) is 1.09. The number of fused-ring (bicyclic) bond motifs is 3. The fourth-order valence-corrected chi connectivity index (χ4v) is 3.92. The minimum atomic E-state index is -1.10. The summed E-state index contributed by atoms with van der Waals surface area (Å²) >= 11 is 0. The van der Waals surface area contributed by atoms with E-state index in [0.29, 0.717) is 5.69 Å². The highest BCUT2D eigenvalue weighted by Crippen LogP contribution is 2.37. The third-order valence-electron chi connectivity index (χ3n) is 5.25. The second-order valence-corrected chi connectivity index (χ2v) is 7.94. The smallest absolute Gasteiger partial charge is 0.342 e. The first kappa shape index (κ1) is 20.8. The Morgan fingerprint density at radius 3 is 2.58 bits per heavy atom. The number of aromatic amines is 1. The number of amides is 1. The van der Waals surface area contributed by atoms with Crippen LogP contribution in [0.2, 0.25) is 0 Å². The number of hydrogen-bond donors (Lipinski definition) is 1. The monoisotopic (exact) mass is 424 g/mol. The lowest BCUT2D eigenvalue weighted by Crippen LogP contribution is -2.29. The molecule has 1 N–H and O–H groups in total. The van der Waals surface area contributed by atoms with Crippen LogP contribution in [-0.4, -0.2) is 34.4 Å². The number of benzene rings is 2. The van der Waals surface area contributed by atoms with Gasteiger partial charge in [0.05, 0.1) is 17.4 Å². The Kier molecular flexibility index (Phi) is 5.35. The molecule has 1 aliphatic rings. The average Bonchev–Trinajstić information content (AvgIpc) is 3.04. The van der Waals surface area contributed by atoms with Gasteiger partial charge in [-0.3, -0.25) is 4.79 Å². The number of carbonyl (C=O) groups excluding carboxylic acids is 2. The summed E-state index contributed by atoms with van der Waals surface area (Å²) in [7, 11) is 0. The number of H-pyrrole nitrogens is 1. The van der Waals surface area contributed by atoms with Gasteiger partial charge in [-0.25, -0.2) is 13.6 Å². The van der Waals surface area contributed by atoms with E-state index in [0.717, 1.165) is 28.6 Å². The number of ether oxygens (including phenoxy) is 1. The van der Waals surface area contributed by atoms with Crippen molar-refractivity contribution in [3.05, 3.63) is 77.1 Å². The third-order valence-corrected chi connectivity index (χ3v) is 5.25. The number of rotatable bonds is 3. The van der Waals surface area contributed by atoms with Crippen molar-refractivity contribution in [3.63, 3.8) is 0 Å². The molecule has 0 saturated carbocycles. The molecular formula is C24H22F2N2O3. The topological polar surface area (TPSA) is 62.4 Å². The van der Waals surface area contributed by atoms with Gasteiger partial charge in [-0.05, 0) is 43.7 Å². The second kappa shape index (κ2) is 7.98. The molecule has 160 valence electrons. The SMILES string of the molecule is CC(C)OC(=O)C1=CN(C(=O)c2ccc(F)c(F)c2)CC(C)c2c1[nH]c1ccccc21. The van der Waals surface area contributed by atoms with Crippen LogP contribution in [-0.2, 0) is 9.53 Å². The number of halogens is 2. The normalized spacial score (nSPS) is 16.1. The lowest BCUT2D eigenvalue weighted by molar-refractivity contribution is -0.140. The van der Waals surface area contributed by atoms with Gasteiger partial charge in [0.25, 0.3) is 5.91 Å². The second-order valence-electron chi connectivity index (χ2n) is 7.94. The molecule has 1 aliphatic heterocycles. The Morgan fingerprint density at radius 2 is 1.87 bits per heavy atom. The molecule has 0 fully saturated rings. The van der Waals surface area contributed by atoms with E-state index in [1.807, 2.05) is 31.2 Å². The van der Waals surface area contributed by atoms with E-state index in [2.05, 4.69) is 4.98 Å². The molecule has 0 aliphatic carbocycles. The summed E-state index contributed by atoms with van der Waals surface area (Å²) in [4.78, 5) is 30.7. The number of hydrogen-bond acceptors (Lipinski definition) is 3. The van der Waals surface area contributed by atoms with Crippen molar-refractivity contribution in [1.29, 1.82) is 0 Å². The number of nitrogens with zero attached hydrogens (tertiary/aromatic N) is 1. The number of para-hydroxylation sites is 1. The van der Waals surface area contributed by atoms with Crippen molar-refractivity contribution >= 4 is 28.4 Å². The molecule has 1 aromatic heterocycles. The van der Waals surface area contributed by atoms with Crippen molar-refractivity contribution in [2.24, 2.45) is 0 Å². The zero-order valence-corrected chi connectivity index (χ0v) is 17.4. The molecule has 0 spiro atoms.